The highest BCUT2D eigenvalue weighted by atomic mass is 32.2. The van der Waals surface area contributed by atoms with Gasteiger partial charge in [0.15, 0.2) is 5.16 Å². The van der Waals surface area contributed by atoms with Gasteiger partial charge in [0, 0.05) is 6.04 Å². The fourth-order valence-electron chi connectivity index (χ4n) is 1.56. The lowest BCUT2D eigenvalue weighted by molar-refractivity contribution is -0.113. The summed E-state index contributed by atoms with van der Waals surface area (Å²) < 4.78 is 2.00. The van der Waals surface area contributed by atoms with Crippen molar-refractivity contribution in [3.8, 4) is 0 Å². The van der Waals surface area contributed by atoms with Crippen molar-refractivity contribution in [3.05, 3.63) is 11.3 Å². The van der Waals surface area contributed by atoms with Crippen LogP contribution in [0.15, 0.2) is 10.7 Å². The molecule has 0 radical (unpaired) electrons. The van der Waals surface area contributed by atoms with Gasteiger partial charge in [-0.1, -0.05) is 23.1 Å². The molecule has 1 N–H and O–H groups in total. The van der Waals surface area contributed by atoms with Gasteiger partial charge in [-0.15, -0.1) is 20.4 Å². The van der Waals surface area contributed by atoms with Crippen LogP contribution in [-0.2, 0) is 4.79 Å². The van der Waals surface area contributed by atoms with Gasteiger partial charge in [0.2, 0.25) is 11.0 Å². The highest BCUT2D eigenvalue weighted by molar-refractivity contribution is 7.99. The number of amides is 1. The Balaban J connectivity index is 1.93. The van der Waals surface area contributed by atoms with Gasteiger partial charge in [0.05, 0.1) is 5.75 Å². The highest BCUT2D eigenvalue weighted by Crippen LogP contribution is 2.21. The number of thioether (sulfide) groups is 1. The SMILES string of the molecule is Cc1nnc(SCC(=O)Nc2nncs2)n1C(C)C. The van der Waals surface area contributed by atoms with Crippen LogP contribution in [0.3, 0.4) is 0 Å². The zero-order valence-corrected chi connectivity index (χ0v) is 12.5. The third-order valence-corrected chi connectivity index (χ3v) is 3.84. The Morgan fingerprint density at radius 2 is 2.26 bits per heavy atom. The van der Waals surface area contributed by atoms with Crippen molar-refractivity contribution in [2.24, 2.45) is 0 Å². The zero-order valence-electron chi connectivity index (χ0n) is 10.8. The van der Waals surface area contributed by atoms with Gasteiger partial charge in [-0.05, 0) is 20.8 Å². The molecular weight excluding hydrogens is 284 g/mol. The minimum atomic E-state index is -0.127. The first-order valence-corrected chi connectivity index (χ1v) is 7.54. The molecule has 0 unspecified atom stereocenters. The molecule has 2 aromatic heterocycles. The van der Waals surface area contributed by atoms with Crippen molar-refractivity contribution in [2.45, 2.75) is 32.0 Å². The Hall–Kier alpha value is -1.48. The van der Waals surface area contributed by atoms with Crippen LogP contribution in [0.5, 0.6) is 0 Å². The van der Waals surface area contributed by atoms with E-state index in [9.17, 15) is 4.79 Å². The molecule has 9 heteroatoms. The second kappa shape index (κ2) is 6.11. The number of aromatic nitrogens is 5. The summed E-state index contributed by atoms with van der Waals surface area (Å²) in [5.41, 5.74) is 1.57. The predicted octanol–water partition coefficient (Wildman–Crippen LogP) is 1.75. The number of nitrogens with one attached hydrogen (secondary N) is 1. The molecule has 0 aromatic carbocycles. The maximum Gasteiger partial charge on any atom is 0.236 e. The van der Waals surface area contributed by atoms with Crippen LogP contribution in [0.1, 0.15) is 25.7 Å². The van der Waals surface area contributed by atoms with E-state index < -0.39 is 0 Å². The molecule has 1 amide bonds. The lowest BCUT2D eigenvalue weighted by Crippen LogP contribution is -2.15. The average Bonchev–Trinajstić information content (AvgIpc) is 2.96. The molecule has 102 valence electrons. The van der Waals surface area contributed by atoms with Crippen molar-refractivity contribution in [2.75, 3.05) is 11.1 Å². The molecule has 0 spiro atoms. The van der Waals surface area contributed by atoms with Crippen molar-refractivity contribution in [3.63, 3.8) is 0 Å². The van der Waals surface area contributed by atoms with E-state index in [0.717, 1.165) is 11.0 Å². The van der Waals surface area contributed by atoms with E-state index in [1.807, 2.05) is 11.5 Å². The van der Waals surface area contributed by atoms with E-state index in [1.54, 1.807) is 5.51 Å². The first-order valence-electron chi connectivity index (χ1n) is 5.68. The summed E-state index contributed by atoms with van der Waals surface area (Å²) in [4.78, 5) is 11.7. The molecule has 0 saturated heterocycles. The average molecular weight is 298 g/mol. The number of carbonyl (C=O) groups is 1. The number of hydrogen-bond acceptors (Lipinski definition) is 7. The molecule has 0 aliphatic carbocycles. The first-order chi connectivity index (χ1) is 9.08. The van der Waals surface area contributed by atoms with E-state index in [0.29, 0.717) is 5.13 Å². The summed E-state index contributed by atoms with van der Waals surface area (Å²) in [7, 11) is 0. The number of nitrogens with zero attached hydrogens (tertiary/aromatic N) is 5. The van der Waals surface area contributed by atoms with Crippen LogP contribution in [0, 0.1) is 6.92 Å². The van der Waals surface area contributed by atoms with Crippen LogP contribution in [0.2, 0.25) is 0 Å². The molecule has 0 atom stereocenters. The van der Waals surface area contributed by atoms with E-state index in [4.69, 9.17) is 0 Å². The van der Waals surface area contributed by atoms with Gasteiger partial charge in [0.25, 0.3) is 0 Å². The maximum absolute atomic E-state index is 11.7. The van der Waals surface area contributed by atoms with Crippen molar-refractivity contribution >= 4 is 34.1 Å². The molecular formula is C10H14N6OS2. The largest absolute Gasteiger partial charge is 0.304 e. The van der Waals surface area contributed by atoms with E-state index in [-0.39, 0.29) is 17.7 Å². The Morgan fingerprint density at radius 1 is 1.47 bits per heavy atom. The lowest BCUT2D eigenvalue weighted by Gasteiger charge is -2.11. The molecule has 0 aliphatic rings. The molecule has 2 aromatic rings. The van der Waals surface area contributed by atoms with E-state index >= 15 is 0 Å². The summed E-state index contributed by atoms with van der Waals surface area (Å²) in [6.07, 6.45) is 0. The molecule has 0 fully saturated rings. The Bertz CT molecular complexity index is 550. The quantitative estimate of drug-likeness (QED) is 0.846. The van der Waals surface area contributed by atoms with Gasteiger partial charge in [-0.3, -0.25) is 10.1 Å². The number of carbonyl (C=O) groups excluding carboxylic acids is 1. The molecule has 0 bridgehead atoms. The van der Waals surface area contributed by atoms with Gasteiger partial charge in [-0.2, -0.15) is 0 Å². The fraction of sp³-hybridized carbons (Fsp3) is 0.500. The molecule has 0 saturated carbocycles. The van der Waals surface area contributed by atoms with E-state index in [2.05, 4.69) is 39.6 Å². The summed E-state index contributed by atoms with van der Waals surface area (Å²) in [5.74, 6) is 0.990. The zero-order chi connectivity index (χ0) is 13.8. The van der Waals surface area contributed by atoms with Gasteiger partial charge < -0.3 is 4.57 Å². The summed E-state index contributed by atoms with van der Waals surface area (Å²) in [6.45, 7) is 6.02. The summed E-state index contributed by atoms with van der Waals surface area (Å²) >= 11 is 2.65. The fourth-order valence-corrected chi connectivity index (χ4v) is 2.93. The van der Waals surface area contributed by atoms with Crippen molar-refractivity contribution in [1.29, 1.82) is 0 Å². The van der Waals surface area contributed by atoms with Crippen LogP contribution in [-0.4, -0.2) is 36.6 Å². The summed E-state index contributed by atoms with van der Waals surface area (Å²) in [6, 6.07) is 0.267. The maximum atomic E-state index is 11.7. The van der Waals surface area contributed by atoms with Gasteiger partial charge in [0.1, 0.15) is 11.3 Å². The Kier molecular flexibility index (Phi) is 4.48. The lowest BCUT2D eigenvalue weighted by atomic mass is 10.4. The topological polar surface area (TPSA) is 85.6 Å². The Labute approximate surface area is 118 Å². The standard InChI is InChI=1S/C10H14N6OS2/c1-6(2)16-7(3)13-15-10(16)18-4-8(17)12-9-14-11-5-19-9/h5-6H,4H2,1-3H3,(H,12,14,17). The number of rotatable bonds is 5. The van der Waals surface area contributed by atoms with Crippen molar-refractivity contribution in [1.82, 2.24) is 25.0 Å². The monoisotopic (exact) mass is 298 g/mol. The third kappa shape index (κ3) is 3.51. The van der Waals surface area contributed by atoms with Crippen LogP contribution < -0.4 is 5.32 Å². The molecule has 0 aliphatic heterocycles. The third-order valence-electron chi connectivity index (χ3n) is 2.29. The second-order valence-corrected chi connectivity index (χ2v) is 5.85. The predicted molar refractivity (Wildman–Crippen MR) is 74.4 cm³/mol. The number of aryl methyl sites for hydroxylation is 1. The number of anilines is 1. The molecule has 19 heavy (non-hydrogen) atoms. The van der Waals surface area contributed by atoms with Crippen LogP contribution in [0.4, 0.5) is 5.13 Å². The van der Waals surface area contributed by atoms with Crippen molar-refractivity contribution < 1.29 is 4.79 Å². The van der Waals surface area contributed by atoms with Gasteiger partial charge in [-0.25, -0.2) is 0 Å². The molecule has 2 heterocycles. The van der Waals surface area contributed by atoms with Crippen LogP contribution >= 0.6 is 23.1 Å². The first kappa shape index (κ1) is 13.9. The second-order valence-electron chi connectivity index (χ2n) is 4.07. The van der Waals surface area contributed by atoms with Crippen LogP contribution in [0.25, 0.3) is 0 Å². The number of hydrogen-bond donors (Lipinski definition) is 1. The molecule has 2 rings (SSSR count). The summed E-state index contributed by atoms with van der Waals surface area (Å²) in [5, 5.41) is 19.4. The minimum absolute atomic E-state index is 0.127. The smallest absolute Gasteiger partial charge is 0.236 e. The normalized spacial score (nSPS) is 10.9. The molecule has 7 nitrogen and oxygen atoms in total. The Morgan fingerprint density at radius 3 is 2.89 bits per heavy atom. The van der Waals surface area contributed by atoms with E-state index in [1.165, 1.54) is 23.1 Å². The minimum Gasteiger partial charge on any atom is -0.304 e. The van der Waals surface area contributed by atoms with Gasteiger partial charge >= 0.3 is 0 Å². The highest BCUT2D eigenvalue weighted by Gasteiger charge is 2.14.